The first kappa shape index (κ1) is 8.98. The van der Waals surface area contributed by atoms with Gasteiger partial charge in [0.05, 0.1) is 13.1 Å². The molecule has 6 heteroatoms. The Bertz CT molecular complexity index is 330. The average molecular weight is 198 g/mol. The number of oxime groups is 1. The molecule has 1 spiro atoms. The van der Waals surface area contributed by atoms with Gasteiger partial charge in [-0.25, -0.2) is 4.79 Å². The van der Waals surface area contributed by atoms with Crippen molar-refractivity contribution >= 4 is 17.6 Å². The van der Waals surface area contributed by atoms with Crippen LogP contribution in [0.2, 0.25) is 0 Å². The van der Waals surface area contributed by atoms with Crippen molar-refractivity contribution in [3.63, 3.8) is 0 Å². The highest BCUT2D eigenvalue weighted by atomic mass is 16.7. The van der Waals surface area contributed by atoms with Crippen LogP contribution in [0.3, 0.4) is 0 Å². The number of likely N-dealkylation sites (tertiary alicyclic amines) is 1. The van der Waals surface area contributed by atoms with Crippen LogP contribution in [0.25, 0.3) is 0 Å². The molecule has 0 radical (unpaired) electrons. The first-order valence-corrected chi connectivity index (χ1v) is 4.26. The average Bonchev–Trinajstić information content (AvgIpc) is 2.44. The molecule has 0 aliphatic carbocycles. The minimum absolute atomic E-state index is 0.0250. The van der Waals surface area contributed by atoms with Gasteiger partial charge in [-0.3, -0.25) is 4.79 Å². The Morgan fingerprint density at radius 3 is 2.64 bits per heavy atom. The number of rotatable bonds is 1. The molecule has 2 heterocycles. The summed E-state index contributed by atoms with van der Waals surface area (Å²) in [6.07, 6.45) is 0.284. The van der Waals surface area contributed by atoms with Crippen LogP contribution in [0.1, 0.15) is 13.3 Å². The number of amides is 1. The first-order chi connectivity index (χ1) is 6.52. The largest absolute Gasteiger partial charge is 0.477 e. The molecule has 2 rings (SSSR count). The quantitative estimate of drug-likeness (QED) is 0.613. The fourth-order valence-electron chi connectivity index (χ4n) is 1.68. The van der Waals surface area contributed by atoms with Gasteiger partial charge in [-0.1, -0.05) is 5.16 Å². The summed E-state index contributed by atoms with van der Waals surface area (Å²) in [5.41, 5.74) is -0.521. The summed E-state index contributed by atoms with van der Waals surface area (Å²) < 4.78 is 0. The third-order valence-corrected chi connectivity index (χ3v) is 2.49. The topological polar surface area (TPSA) is 79.2 Å². The summed E-state index contributed by atoms with van der Waals surface area (Å²) in [7, 11) is 0. The Morgan fingerprint density at radius 1 is 1.57 bits per heavy atom. The van der Waals surface area contributed by atoms with E-state index >= 15 is 0 Å². The van der Waals surface area contributed by atoms with E-state index in [1.54, 1.807) is 4.90 Å². The van der Waals surface area contributed by atoms with E-state index in [1.807, 2.05) is 0 Å². The van der Waals surface area contributed by atoms with Crippen LogP contribution in [-0.4, -0.2) is 46.3 Å². The SMILES string of the molecule is CC(=O)N1CC2(CC(C(=O)O)=NO2)C1. The lowest BCUT2D eigenvalue weighted by Crippen LogP contribution is -2.63. The summed E-state index contributed by atoms with van der Waals surface area (Å²) in [6, 6.07) is 0. The fraction of sp³-hybridized carbons (Fsp3) is 0.625. The second-order valence-corrected chi connectivity index (χ2v) is 3.67. The summed E-state index contributed by atoms with van der Waals surface area (Å²) in [4.78, 5) is 28.1. The van der Waals surface area contributed by atoms with Crippen LogP contribution >= 0.6 is 0 Å². The van der Waals surface area contributed by atoms with E-state index in [4.69, 9.17) is 9.94 Å². The molecule has 0 bridgehead atoms. The molecule has 2 aliphatic rings. The molecule has 0 aromatic heterocycles. The summed E-state index contributed by atoms with van der Waals surface area (Å²) in [5, 5.41) is 12.1. The van der Waals surface area contributed by atoms with E-state index in [0.29, 0.717) is 13.1 Å². The van der Waals surface area contributed by atoms with Gasteiger partial charge in [0.25, 0.3) is 0 Å². The lowest BCUT2D eigenvalue weighted by Gasteiger charge is -2.44. The van der Waals surface area contributed by atoms with Gasteiger partial charge in [-0.15, -0.1) is 0 Å². The Balaban J connectivity index is 1.94. The molecule has 1 N–H and O–H groups in total. The van der Waals surface area contributed by atoms with Gasteiger partial charge in [0.1, 0.15) is 0 Å². The van der Waals surface area contributed by atoms with Gasteiger partial charge in [0.15, 0.2) is 11.3 Å². The zero-order valence-electron chi connectivity index (χ0n) is 7.69. The number of aliphatic carboxylic acids is 1. The van der Waals surface area contributed by atoms with Gasteiger partial charge < -0.3 is 14.8 Å². The molecular weight excluding hydrogens is 188 g/mol. The van der Waals surface area contributed by atoms with Gasteiger partial charge in [-0.2, -0.15) is 0 Å². The lowest BCUT2D eigenvalue weighted by atomic mass is 9.89. The molecule has 2 aliphatic heterocycles. The first-order valence-electron chi connectivity index (χ1n) is 4.26. The van der Waals surface area contributed by atoms with E-state index in [2.05, 4.69) is 5.16 Å². The van der Waals surface area contributed by atoms with Crippen molar-refractivity contribution in [2.45, 2.75) is 18.9 Å². The van der Waals surface area contributed by atoms with Gasteiger partial charge in [-0.05, 0) is 0 Å². The van der Waals surface area contributed by atoms with Gasteiger partial charge >= 0.3 is 5.97 Å². The van der Waals surface area contributed by atoms with E-state index in [1.165, 1.54) is 6.92 Å². The molecule has 1 amide bonds. The van der Waals surface area contributed by atoms with Crippen molar-refractivity contribution in [2.75, 3.05) is 13.1 Å². The second-order valence-electron chi connectivity index (χ2n) is 3.67. The summed E-state index contributed by atoms with van der Waals surface area (Å²) in [6.45, 7) is 2.34. The number of carbonyl (C=O) groups is 2. The Kier molecular flexibility index (Phi) is 1.73. The molecular formula is C8H10N2O4. The maximum absolute atomic E-state index is 10.9. The van der Waals surface area contributed by atoms with E-state index in [9.17, 15) is 9.59 Å². The van der Waals surface area contributed by atoms with Crippen molar-refractivity contribution in [1.82, 2.24) is 4.90 Å². The van der Waals surface area contributed by atoms with Crippen molar-refractivity contribution in [2.24, 2.45) is 5.16 Å². The number of nitrogens with zero attached hydrogens (tertiary/aromatic N) is 2. The van der Waals surface area contributed by atoms with Crippen molar-refractivity contribution in [1.29, 1.82) is 0 Å². The summed E-state index contributed by atoms with van der Waals surface area (Å²) >= 11 is 0. The van der Waals surface area contributed by atoms with Crippen LogP contribution in [0.5, 0.6) is 0 Å². The Labute approximate surface area is 80.1 Å². The number of carboxylic acids is 1. The molecule has 0 atom stereocenters. The number of hydrogen-bond acceptors (Lipinski definition) is 4. The van der Waals surface area contributed by atoms with Crippen molar-refractivity contribution < 1.29 is 19.5 Å². The highest BCUT2D eigenvalue weighted by molar-refractivity contribution is 6.36. The third kappa shape index (κ3) is 1.23. The molecule has 14 heavy (non-hydrogen) atoms. The number of carboxylic acid groups (broad SMARTS) is 1. The van der Waals surface area contributed by atoms with Crippen LogP contribution in [-0.2, 0) is 14.4 Å². The fourth-order valence-corrected chi connectivity index (χ4v) is 1.68. The van der Waals surface area contributed by atoms with Crippen LogP contribution in [0.4, 0.5) is 0 Å². The third-order valence-electron chi connectivity index (χ3n) is 2.49. The summed E-state index contributed by atoms with van der Waals surface area (Å²) in [5.74, 6) is -1.08. The predicted molar refractivity (Wildman–Crippen MR) is 45.8 cm³/mol. The van der Waals surface area contributed by atoms with Crippen LogP contribution in [0.15, 0.2) is 5.16 Å². The van der Waals surface area contributed by atoms with Crippen LogP contribution in [0, 0.1) is 0 Å². The maximum Gasteiger partial charge on any atom is 0.353 e. The van der Waals surface area contributed by atoms with Crippen molar-refractivity contribution in [3.05, 3.63) is 0 Å². The molecule has 76 valence electrons. The maximum atomic E-state index is 10.9. The zero-order chi connectivity index (χ0) is 10.3. The molecule has 0 unspecified atom stereocenters. The van der Waals surface area contributed by atoms with E-state index in [0.717, 1.165) is 0 Å². The molecule has 0 aromatic rings. The number of carbonyl (C=O) groups excluding carboxylic acids is 1. The Morgan fingerprint density at radius 2 is 2.21 bits per heavy atom. The molecule has 1 fully saturated rings. The smallest absolute Gasteiger partial charge is 0.353 e. The highest BCUT2D eigenvalue weighted by Crippen LogP contribution is 2.33. The molecule has 0 saturated carbocycles. The minimum atomic E-state index is -1.05. The molecule has 6 nitrogen and oxygen atoms in total. The highest BCUT2D eigenvalue weighted by Gasteiger charge is 2.51. The monoisotopic (exact) mass is 198 g/mol. The number of hydrogen-bond donors (Lipinski definition) is 1. The minimum Gasteiger partial charge on any atom is -0.477 e. The zero-order valence-corrected chi connectivity index (χ0v) is 7.69. The van der Waals surface area contributed by atoms with Gasteiger partial charge in [0, 0.05) is 13.3 Å². The normalized spacial score (nSPS) is 22.6. The van der Waals surface area contributed by atoms with Gasteiger partial charge in [0.2, 0.25) is 5.91 Å². The van der Waals surface area contributed by atoms with E-state index < -0.39 is 11.6 Å². The lowest BCUT2D eigenvalue weighted by molar-refractivity contribution is -0.159. The van der Waals surface area contributed by atoms with Crippen LogP contribution < -0.4 is 0 Å². The predicted octanol–water partition coefficient (Wildman–Crippen LogP) is -0.552. The Hall–Kier alpha value is -1.59. The van der Waals surface area contributed by atoms with E-state index in [-0.39, 0.29) is 18.0 Å². The molecule has 0 aromatic carbocycles. The van der Waals surface area contributed by atoms with Crippen molar-refractivity contribution in [3.8, 4) is 0 Å². The molecule has 1 saturated heterocycles. The standard InChI is InChI=1S/C8H10N2O4/c1-5(11)10-3-8(4-10)2-6(7(12)13)9-14-8/h2-4H2,1H3,(H,12,13). The second kappa shape index (κ2) is 2.70.